The normalized spacial score (nSPS) is 10.9. The molecule has 3 heteroatoms. The number of nitrogens with two attached hydrogens (primary N) is 1. The molecule has 0 aromatic heterocycles. The SMILES string of the molecule is CN(CCc1ccc(F)cc1)Cc1cccc(N)c1. The lowest BCUT2D eigenvalue weighted by Gasteiger charge is -2.17. The standard InChI is InChI=1S/C16H19FN2/c1-19(12-14-3-2-4-16(18)11-14)10-9-13-5-7-15(17)8-6-13/h2-8,11H,9-10,12,18H2,1H3. The number of halogens is 1. The Balaban J connectivity index is 1.84. The predicted molar refractivity (Wildman–Crippen MR) is 77.3 cm³/mol. The maximum atomic E-state index is 12.8. The van der Waals surface area contributed by atoms with E-state index in [2.05, 4.69) is 18.0 Å². The maximum Gasteiger partial charge on any atom is 0.123 e. The summed E-state index contributed by atoms with van der Waals surface area (Å²) in [5.74, 6) is -0.183. The second-order valence-electron chi connectivity index (χ2n) is 4.86. The monoisotopic (exact) mass is 258 g/mol. The minimum Gasteiger partial charge on any atom is -0.399 e. The van der Waals surface area contributed by atoms with Gasteiger partial charge in [-0.25, -0.2) is 4.39 Å². The fraction of sp³-hybridized carbons (Fsp3) is 0.250. The van der Waals surface area contributed by atoms with Crippen LogP contribution < -0.4 is 5.73 Å². The summed E-state index contributed by atoms with van der Waals surface area (Å²) in [4.78, 5) is 2.23. The third-order valence-corrected chi connectivity index (χ3v) is 3.10. The molecule has 2 aromatic carbocycles. The van der Waals surface area contributed by atoms with Crippen molar-refractivity contribution in [3.8, 4) is 0 Å². The molecule has 0 aliphatic carbocycles. The largest absolute Gasteiger partial charge is 0.399 e. The summed E-state index contributed by atoms with van der Waals surface area (Å²) in [5.41, 5.74) is 8.92. The van der Waals surface area contributed by atoms with Crippen LogP contribution in [0.15, 0.2) is 48.5 Å². The molecule has 0 heterocycles. The molecule has 100 valence electrons. The lowest BCUT2D eigenvalue weighted by atomic mass is 10.1. The van der Waals surface area contributed by atoms with Crippen LogP contribution in [0.4, 0.5) is 10.1 Å². The fourth-order valence-corrected chi connectivity index (χ4v) is 2.05. The molecule has 0 aliphatic heterocycles. The highest BCUT2D eigenvalue weighted by atomic mass is 19.1. The Kier molecular flexibility index (Phi) is 4.53. The zero-order valence-corrected chi connectivity index (χ0v) is 11.1. The van der Waals surface area contributed by atoms with Crippen molar-refractivity contribution < 1.29 is 4.39 Å². The molecule has 2 aromatic rings. The molecular weight excluding hydrogens is 239 g/mol. The molecule has 0 spiro atoms. The molecule has 2 rings (SSSR count). The molecule has 0 saturated heterocycles. The Morgan fingerprint density at radius 2 is 1.79 bits per heavy atom. The van der Waals surface area contributed by atoms with Crippen molar-refractivity contribution in [1.29, 1.82) is 0 Å². The second kappa shape index (κ2) is 6.34. The summed E-state index contributed by atoms with van der Waals surface area (Å²) in [6, 6.07) is 14.6. The fourth-order valence-electron chi connectivity index (χ4n) is 2.05. The van der Waals surface area contributed by atoms with Crippen LogP contribution in [0.1, 0.15) is 11.1 Å². The van der Waals surface area contributed by atoms with Gasteiger partial charge in [-0.15, -0.1) is 0 Å². The van der Waals surface area contributed by atoms with E-state index in [9.17, 15) is 4.39 Å². The summed E-state index contributed by atoms with van der Waals surface area (Å²) in [7, 11) is 2.08. The van der Waals surface area contributed by atoms with Gasteiger partial charge in [0.1, 0.15) is 5.82 Å². The van der Waals surface area contributed by atoms with Gasteiger partial charge in [0.25, 0.3) is 0 Å². The number of likely N-dealkylation sites (N-methyl/N-ethyl adjacent to an activating group) is 1. The van der Waals surface area contributed by atoms with Crippen molar-refractivity contribution in [1.82, 2.24) is 4.90 Å². The van der Waals surface area contributed by atoms with Crippen molar-refractivity contribution in [3.63, 3.8) is 0 Å². The van der Waals surface area contributed by atoms with Crippen LogP contribution in [0, 0.1) is 5.82 Å². The van der Waals surface area contributed by atoms with E-state index in [4.69, 9.17) is 5.73 Å². The lowest BCUT2D eigenvalue weighted by molar-refractivity contribution is 0.331. The predicted octanol–water partition coefficient (Wildman–Crippen LogP) is 3.08. The van der Waals surface area contributed by atoms with Crippen molar-refractivity contribution in [3.05, 3.63) is 65.5 Å². The zero-order valence-electron chi connectivity index (χ0n) is 11.1. The molecule has 2 nitrogen and oxygen atoms in total. The third-order valence-electron chi connectivity index (χ3n) is 3.10. The van der Waals surface area contributed by atoms with E-state index in [0.29, 0.717) is 0 Å². The quantitative estimate of drug-likeness (QED) is 0.835. The molecule has 0 bridgehead atoms. The first-order valence-corrected chi connectivity index (χ1v) is 6.41. The van der Waals surface area contributed by atoms with Crippen molar-refractivity contribution in [2.45, 2.75) is 13.0 Å². The van der Waals surface area contributed by atoms with Crippen LogP contribution >= 0.6 is 0 Å². The van der Waals surface area contributed by atoms with Crippen LogP contribution in [0.5, 0.6) is 0 Å². The average Bonchev–Trinajstić information content (AvgIpc) is 2.38. The molecule has 0 saturated carbocycles. The maximum absolute atomic E-state index is 12.8. The first-order valence-electron chi connectivity index (χ1n) is 6.41. The second-order valence-corrected chi connectivity index (χ2v) is 4.86. The number of benzene rings is 2. The average molecular weight is 258 g/mol. The molecule has 0 unspecified atom stereocenters. The number of anilines is 1. The van der Waals surface area contributed by atoms with E-state index in [-0.39, 0.29) is 5.82 Å². The molecule has 0 aliphatic rings. The van der Waals surface area contributed by atoms with Crippen LogP contribution in [0.25, 0.3) is 0 Å². The van der Waals surface area contributed by atoms with Crippen LogP contribution in [-0.4, -0.2) is 18.5 Å². The van der Waals surface area contributed by atoms with Crippen molar-refractivity contribution in [2.75, 3.05) is 19.3 Å². The highest BCUT2D eigenvalue weighted by Crippen LogP contribution is 2.10. The summed E-state index contributed by atoms with van der Waals surface area (Å²) in [6.07, 6.45) is 0.916. The molecule has 0 amide bonds. The topological polar surface area (TPSA) is 29.3 Å². The Hall–Kier alpha value is -1.87. The summed E-state index contributed by atoms with van der Waals surface area (Å²) in [6.45, 7) is 1.80. The Bertz CT molecular complexity index is 523. The first-order chi connectivity index (χ1) is 9.13. The van der Waals surface area contributed by atoms with E-state index < -0.39 is 0 Å². The third kappa shape index (κ3) is 4.38. The smallest absolute Gasteiger partial charge is 0.123 e. The Labute approximate surface area is 113 Å². The molecule has 19 heavy (non-hydrogen) atoms. The number of hydrogen-bond acceptors (Lipinski definition) is 2. The van der Waals surface area contributed by atoms with Gasteiger partial charge in [-0.3, -0.25) is 0 Å². The van der Waals surface area contributed by atoms with Crippen molar-refractivity contribution in [2.24, 2.45) is 0 Å². The van der Waals surface area contributed by atoms with Gasteiger partial charge >= 0.3 is 0 Å². The van der Waals surface area contributed by atoms with Crippen LogP contribution in [0.3, 0.4) is 0 Å². The summed E-state index contributed by atoms with van der Waals surface area (Å²) in [5, 5.41) is 0. The lowest BCUT2D eigenvalue weighted by Crippen LogP contribution is -2.20. The van der Waals surface area contributed by atoms with E-state index >= 15 is 0 Å². The van der Waals surface area contributed by atoms with Gasteiger partial charge in [-0.2, -0.15) is 0 Å². The van der Waals surface area contributed by atoms with Crippen molar-refractivity contribution >= 4 is 5.69 Å². The number of hydrogen-bond donors (Lipinski definition) is 1. The molecule has 0 radical (unpaired) electrons. The minimum atomic E-state index is -0.183. The Morgan fingerprint density at radius 1 is 1.05 bits per heavy atom. The van der Waals surface area contributed by atoms with E-state index in [1.54, 1.807) is 0 Å². The number of nitrogens with zero attached hydrogens (tertiary/aromatic N) is 1. The van der Waals surface area contributed by atoms with Gasteiger partial charge in [0.2, 0.25) is 0 Å². The van der Waals surface area contributed by atoms with E-state index in [1.807, 2.05) is 30.3 Å². The van der Waals surface area contributed by atoms with Gasteiger partial charge in [0.15, 0.2) is 0 Å². The van der Waals surface area contributed by atoms with Gasteiger partial charge in [-0.1, -0.05) is 24.3 Å². The Morgan fingerprint density at radius 3 is 2.47 bits per heavy atom. The summed E-state index contributed by atoms with van der Waals surface area (Å²) < 4.78 is 12.8. The van der Waals surface area contributed by atoms with E-state index in [1.165, 1.54) is 17.7 Å². The number of rotatable bonds is 5. The highest BCUT2D eigenvalue weighted by molar-refractivity contribution is 5.40. The van der Waals surface area contributed by atoms with Crippen LogP contribution in [0.2, 0.25) is 0 Å². The van der Waals surface area contributed by atoms with Crippen LogP contribution in [-0.2, 0) is 13.0 Å². The van der Waals surface area contributed by atoms with E-state index in [0.717, 1.165) is 30.8 Å². The zero-order chi connectivity index (χ0) is 13.7. The molecule has 0 fully saturated rings. The highest BCUT2D eigenvalue weighted by Gasteiger charge is 2.02. The number of nitrogen functional groups attached to an aromatic ring is 1. The molecular formula is C16H19FN2. The first kappa shape index (κ1) is 13.6. The minimum absolute atomic E-state index is 0.183. The molecule has 0 atom stereocenters. The van der Waals surface area contributed by atoms with Gasteiger partial charge in [0.05, 0.1) is 0 Å². The van der Waals surface area contributed by atoms with Gasteiger partial charge in [0, 0.05) is 18.8 Å². The van der Waals surface area contributed by atoms with Gasteiger partial charge in [-0.05, 0) is 48.9 Å². The summed E-state index contributed by atoms with van der Waals surface area (Å²) >= 11 is 0. The molecule has 2 N–H and O–H groups in total. The van der Waals surface area contributed by atoms with Gasteiger partial charge < -0.3 is 10.6 Å².